The first-order valence-corrected chi connectivity index (χ1v) is 14.0. The Morgan fingerprint density at radius 1 is 0.875 bits per heavy atom. The highest BCUT2D eigenvalue weighted by molar-refractivity contribution is 6.05. The van der Waals surface area contributed by atoms with Gasteiger partial charge in [-0.05, 0) is 68.7 Å². The molecule has 3 amide bonds. The molecule has 9 heteroatoms. The van der Waals surface area contributed by atoms with E-state index in [1.165, 1.54) is 11.3 Å². The van der Waals surface area contributed by atoms with Gasteiger partial charge in [0.1, 0.15) is 5.76 Å². The Kier molecular flexibility index (Phi) is 8.38. The van der Waals surface area contributed by atoms with E-state index in [0.717, 1.165) is 44.8 Å². The molecule has 0 atom stereocenters. The second-order valence-electron chi connectivity index (χ2n) is 10.5. The Hall–Kier alpha value is -4.27. The summed E-state index contributed by atoms with van der Waals surface area (Å²) in [5, 5.41) is 5.93. The van der Waals surface area contributed by atoms with E-state index in [9.17, 15) is 14.4 Å². The molecule has 0 aliphatic carbocycles. The number of hydrogen-bond donors (Lipinski definition) is 2. The van der Waals surface area contributed by atoms with Gasteiger partial charge in [0, 0.05) is 63.5 Å². The van der Waals surface area contributed by atoms with Crippen molar-refractivity contribution in [1.82, 2.24) is 10.2 Å². The van der Waals surface area contributed by atoms with Crippen LogP contribution >= 0.6 is 0 Å². The fourth-order valence-electron chi connectivity index (χ4n) is 5.41. The molecule has 0 unspecified atom stereocenters. The van der Waals surface area contributed by atoms with Crippen molar-refractivity contribution in [2.45, 2.75) is 33.1 Å². The third-order valence-electron chi connectivity index (χ3n) is 7.61. The monoisotopic (exact) mass is 543 g/mol. The predicted molar refractivity (Wildman–Crippen MR) is 156 cm³/mol. The van der Waals surface area contributed by atoms with E-state index in [0.29, 0.717) is 42.9 Å². The number of benzene rings is 2. The van der Waals surface area contributed by atoms with Gasteiger partial charge in [0.25, 0.3) is 11.8 Å². The molecule has 5 rings (SSSR count). The van der Waals surface area contributed by atoms with Gasteiger partial charge in [-0.25, -0.2) is 0 Å². The van der Waals surface area contributed by atoms with Crippen LogP contribution in [0.15, 0.2) is 59.0 Å². The number of hydrogen-bond acceptors (Lipinski definition) is 6. The molecule has 1 aromatic heterocycles. The summed E-state index contributed by atoms with van der Waals surface area (Å²) in [7, 11) is 0. The minimum Gasteiger partial charge on any atom is -0.456 e. The maximum atomic E-state index is 13.0. The zero-order valence-electron chi connectivity index (χ0n) is 23.2. The second kappa shape index (κ2) is 12.3. The molecule has 3 heterocycles. The van der Waals surface area contributed by atoms with E-state index >= 15 is 0 Å². The minimum absolute atomic E-state index is 0.189. The summed E-state index contributed by atoms with van der Waals surface area (Å²) in [5.41, 5.74) is 4.39. The molecular weight excluding hydrogens is 506 g/mol. The van der Waals surface area contributed by atoms with Crippen molar-refractivity contribution < 1.29 is 18.8 Å². The Morgan fingerprint density at radius 3 is 2.30 bits per heavy atom. The summed E-state index contributed by atoms with van der Waals surface area (Å²) in [6.07, 6.45) is 2.22. The van der Waals surface area contributed by atoms with Gasteiger partial charge in [-0.15, -0.1) is 0 Å². The molecule has 2 N–H and O–H groups in total. The van der Waals surface area contributed by atoms with E-state index in [-0.39, 0.29) is 23.5 Å². The van der Waals surface area contributed by atoms with Crippen LogP contribution in [0.1, 0.15) is 51.5 Å². The number of furan rings is 1. The molecule has 3 aromatic rings. The van der Waals surface area contributed by atoms with Crippen LogP contribution in [0.2, 0.25) is 0 Å². The van der Waals surface area contributed by atoms with E-state index < -0.39 is 0 Å². The largest absolute Gasteiger partial charge is 0.456 e. The molecule has 9 nitrogen and oxygen atoms in total. The lowest BCUT2D eigenvalue weighted by Gasteiger charge is -2.38. The summed E-state index contributed by atoms with van der Waals surface area (Å²) in [4.78, 5) is 44.3. The summed E-state index contributed by atoms with van der Waals surface area (Å²) in [6.45, 7) is 9.08. The van der Waals surface area contributed by atoms with Crippen molar-refractivity contribution >= 4 is 34.8 Å². The Bertz CT molecular complexity index is 1380. The quantitative estimate of drug-likeness (QED) is 0.392. The summed E-state index contributed by atoms with van der Waals surface area (Å²) in [6, 6.07) is 17.2. The summed E-state index contributed by atoms with van der Waals surface area (Å²) >= 11 is 0. The number of carbonyl (C=O) groups is 3. The molecule has 0 bridgehead atoms. The molecule has 210 valence electrons. The van der Waals surface area contributed by atoms with Crippen molar-refractivity contribution in [3.63, 3.8) is 0 Å². The average Bonchev–Trinajstić information content (AvgIpc) is 3.59. The maximum Gasteiger partial charge on any atom is 0.291 e. The van der Waals surface area contributed by atoms with Gasteiger partial charge in [-0.3, -0.25) is 14.4 Å². The van der Waals surface area contributed by atoms with Gasteiger partial charge in [0.05, 0.1) is 11.4 Å². The smallest absolute Gasteiger partial charge is 0.291 e. The maximum absolute atomic E-state index is 13.0. The minimum atomic E-state index is -0.360. The molecule has 2 saturated heterocycles. The standard InChI is InChI=1S/C31H37N5O4/c1-22-7-3-4-8-26(22)34-17-19-35(20-18-34)27-12-11-24(21-25(27)33-31(39)28-13-10-23(2)40-28)30(38)32-14-6-16-36-15-5-9-29(36)37/h3-4,7-8,10-13,21H,5-6,9,14-20H2,1-2H3,(H,32,38)(H,33,39). The average molecular weight is 544 g/mol. The van der Waals surface area contributed by atoms with Crippen molar-refractivity contribution in [2.75, 3.05) is 60.9 Å². The summed E-state index contributed by atoms with van der Waals surface area (Å²) in [5.74, 6) is 0.489. The number of likely N-dealkylation sites (tertiary alicyclic amines) is 1. The first kappa shape index (κ1) is 27.3. The number of aryl methyl sites for hydroxylation is 2. The fraction of sp³-hybridized carbons (Fsp3) is 0.387. The number of nitrogens with one attached hydrogen (secondary N) is 2. The van der Waals surface area contributed by atoms with Crippen molar-refractivity contribution in [1.29, 1.82) is 0 Å². The highest BCUT2D eigenvalue weighted by Crippen LogP contribution is 2.30. The zero-order valence-corrected chi connectivity index (χ0v) is 23.2. The highest BCUT2D eigenvalue weighted by Gasteiger charge is 2.23. The third kappa shape index (κ3) is 6.30. The van der Waals surface area contributed by atoms with Crippen LogP contribution in [0.25, 0.3) is 0 Å². The van der Waals surface area contributed by atoms with Gasteiger partial charge < -0.3 is 29.8 Å². The SMILES string of the molecule is Cc1ccc(C(=O)Nc2cc(C(=O)NCCCN3CCCC3=O)ccc2N2CCN(c3ccccc3C)CC2)o1. The molecule has 2 aliphatic heterocycles. The van der Waals surface area contributed by atoms with Crippen LogP contribution in [0.3, 0.4) is 0 Å². The zero-order chi connectivity index (χ0) is 28.1. The molecule has 0 radical (unpaired) electrons. The Morgan fingerprint density at radius 2 is 1.62 bits per heavy atom. The van der Waals surface area contributed by atoms with E-state index in [2.05, 4.69) is 51.6 Å². The molecule has 2 aromatic carbocycles. The van der Waals surface area contributed by atoms with Crippen molar-refractivity contribution in [3.05, 3.63) is 77.2 Å². The van der Waals surface area contributed by atoms with Gasteiger partial charge in [0.15, 0.2) is 5.76 Å². The van der Waals surface area contributed by atoms with Crippen molar-refractivity contribution in [2.24, 2.45) is 0 Å². The number of rotatable bonds is 9. The predicted octanol–water partition coefficient (Wildman–Crippen LogP) is 4.22. The molecule has 2 aliphatic rings. The van der Waals surface area contributed by atoms with E-state index in [1.54, 1.807) is 31.2 Å². The van der Waals surface area contributed by atoms with Crippen LogP contribution in [0.5, 0.6) is 0 Å². The van der Waals surface area contributed by atoms with E-state index in [1.807, 2.05) is 11.0 Å². The molecule has 0 spiro atoms. The van der Waals surface area contributed by atoms with Crippen LogP contribution in [-0.2, 0) is 4.79 Å². The van der Waals surface area contributed by atoms with Crippen molar-refractivity contribution in [3.8, 4) is 0 Å². The number of para-hydroxylation sites is 1. The molecule has 0 saturated carbocycles. The number of nitrogens with zero attached hydrogens (tertiary/aromatic N) is 3. The lowest BCUT2D eigenvalue weighted by atomic mass is 10.1. The number of anilines is 3. The molecule has 40 heavy (non-hydrogen) atoms. The van der Waals surface area contributed by atoms with E-state index in [4.69, 9.17) is 4.42 Å². The van der Waals surface area contributed by atoms with Crippen LogP contribution in [0.4, 0.5) is 17.1 Å². The summed E-state index contributed by atoms with van der Waals surface area (Å²) < 4.78 is 5.53. The second-order valence-corrected chi connectivity index (χ2v) is 10.5. The molecule has 2 fully saturated rings. The Balaban J connectivity index is 1.28. The first-order chi connectivity index (χ1) is 19.4. The third-order valence-corrected chi connectivity index (χ3v) is 7.61. The van der Waals surface area contributed by atoms with Crippen LogP contribution < -0.4 is 20.4 Å². The lowest BCUT2D eigenvalue weighted by Crippen LogP contribution is -2.47. The molecular formula is C31H37N5O4. The van der Waals surface area contributed by atoms with Gasteiger partial charge >= 0.3 is 0 Å². The fourth-order valence-corrected chi connectivity index (χ4v) is 5.41. The van der Waals surface area contributed by atoms with Gasteiger partial charge in [-0.1, -0.05) is 18.2 Å². The number of carbonyl (C=O) groups excluding carboxylic acids is 3. The lowest BCUT2D eigenvalue weighted by molar-refractivity contribution is -0.127. The normalized spacial score (nSPS) is 15.4. The number of piperazine rings is 1. The van der Waals surface area contributed by atoms with Gasteiger partial charge in [-0.2, -0.15) is 0 Å². The Labute approximate surface area is 235 Å². The topological polar surface area (TPSA) is 98.1 Å². The highest BCUT2D eigenvalue weighted by atomic mass is 16.3. The van der Waals surface area contributed by atoms with Crippen LogP contribution in [-0.4, -0.2) is 68.4 Å². The van der Waals surface area contributed by atoms with Gasteiger partial charge in [0.2, 0.25) is 5.91 Å². The van der Waals surface area contributed by atoms with Crippen LogP contribution in [0, 0.1) is 13.8 Å². The first-order valence-electron chi connectivity index (χ1n) is 14.0. The number of amides is 3.